The van der Waals surface area contributed by atoms with Crippen molar-refractivity contribution < 1.29 is 14.3 Å². The summed E-state index contributed by atoms with van der Waals surface area (Å²) in [5, 5.41) is 7.71. The van der Waals surface area contributed by atoms with Gasteiger partial charge in [-0.3, -0.25) is 14.5 Å². The fourth-order valence-electron chi connectivity index (χ4n) is 3.34. The van der Waals surface area contributed by atoms with Crippen LogP contribution in [0.4, 0.5) is 0 Å². The summed E-state index contributed by atoms with van der Waals surface area (Å²) >= 11 is 0. The van der Waals surface area contributed by atoms with Crippen LogP contribution in [0.2, 0.25) is 0 Å². The van der Waals surface area contributed by atoms with E-state index in [2.05, 4.69) is 20.3 Å². The van der Waals surface area contributed by atoms with Crippen molar-refractivity contribution in [2.24, 2.45) is 12.0 Å². The molecule has 158 valence electrons. The maximum Gasteiger partial charge on any atom is 0.305 e. The zero-order valence-electron chi connectivity index (χ0n) is 17.5. The lowest BCUT2D eigenvalue weighted by atomic mass is 10.1. The number of nitrogens with one attached hydrogen (secondary N) is 1. The molecular formula is C20H35N5O3. The highest BCUT2D eigenvalue weighted by Gasteiger charge is 2.24. The van der Waals surface area contributed by atoms with E-state index in [9.17, 15) is 4.79 Å². The van der Waals surface area contributed by atoms with Crippen LogP contribution < -0.4 is 5.32 Å². The second-order valence-electron chi connectivity index (χ2n) is 7.05. The third-order valence-electron chi connectivity index (χ3n) is 4.82. The second-order valence-corrected chi connectivity index (χ2v) is 7.05. The molecule has 1 N–H and O–H groups in total. The van der Waals surface area contributed by atoms with Crippen molar-refractivity contribution >= 4 is 11.9 Å². The van der Waals surface area contributed by atoms with Gasteiger partial charge in [0.05, 0.1) is 26.0 Å². The van der Waals surface area contributed by atoms with Gasteiger partial charge in [0.25, 0.3) is 0 Å². The Balaban J connectivity index is 1.61. The first-order valence-corrected chi connectivity index (χ1v) is 10.4. The third kappa shape index (κ3) is 7.50. The Labute approximate surface area is 168 Å². The minimum absolute atomic E-state index is 0.0281. The number of rotatable bonds is 10. The van der Waals surface area contributed by atoms with Crippen molar-refractivity contribution in [3.8, 4) is 0 Å². The molecule has 1 atom stereocenters. The number of guanidine groups is 1. The van der Waals surface area contributed by atoms with Gasteiger partial charge in [-0.15, -0.1) is 0 Å². The van der Waals surface area contributed by atoms with Crippen LogP contribution in [-0.4, -0.2) is 66.5 Å². The monoisotopic (exact) mass is 393 g/mol. The van der Waals surface area contributed by atoms with Gasteiger partial charge in [0.2, 0.25) is 0 Å². The van der Waals surface area contributed by atoms with E-state index in [1.807, 2.05) is 33.4 Å². The zero-order valence-corrected chi connectivity index (χ0v) is 17.5. The summed E-state index contributed by atoms with van der Waals surface area (Å²) < 4.78 is 12.6. The molecule has 1 unspecified atom stereocenters. The number of aliphatic imine (C=N–C) groups is 1. The molecule has 2 rings (SSSR count). The molecule has 0 aromatic carbocycles. The van der Waals surface area contributed by atoms with Crippen LogP contribution in [0.1, 0.15) is 57.1 Å². The summed E-state index contributed by atoms with van der Waals surface area (Å²) in [7, 11) is 3.74. The van der Waals surface area contributed by atoms with E-state index in [0.29, 0.717) is 19.6 Å². The lowest BCUT2D eigenvalue weighted by molar-refractivity contribution is -0.143. The van der Waals surface area contributed by atoms with Crippen LogP contribution in [0.5, 0.6) is 0 Å². The number of esters is 1. The normalized spacial score (nSPS) is 17.6. The summed E-state index contributed by atoms with van der Waals surface area (Å²) in [6, 6.07) is 0. The van der Waals surface area contributed by atoms with Crippen molar-refractivity contribution in [3.05, 3.63) is 18.0 Å². The molecule has 8 nitrogen and oxygen atoms in total. The van der Waals surface area contributed by atoms with Crippen molar-refractivity contribution in [2.75, 3.05) is 39.9 Å². The lowest BCUT2D eigenvalue weighted by Crippen LogP contribution is -2.48. The number of aryl methyl sites for hydroxylation is 1. The van der Waals surface area contributed by atoms with Gasteiger partial charge in [-0.1, -0.05) is 19.3 Å². The number of aromatic nitrogens is 2. The summed E-state index contributed by atoms with van der Waals surface area (Å²) in [5.74, 6) is 0.850. The number of hydrogen-bond acceptors (Lipinski definition) is 5. The molecule has 0 aliphatic carbocycles. The van der Waals surface area contributed by atoms with Crippen molar-refractivity contribution in [3.63, 3.8) is 0 Å². The number of nitrogens with zero attached hydrogens (tertiary/aromatic N) is 4. The summed E-state index contributed by atoms with van der Waals surface area (Å²) in [6.07, 6.45) is 9.80. The summed E-state index contributed by atoms with van der Waals surface area (Å²) in [5.41, 5.74) is 1.10. The van der Waals surface area contributed by atoms with Gasteiger partial charge in [0.1, 0.15) is 6.10 Å². The topological polar surface area (TPSA) is 81.0 Å². The van der Waals surface area contributed by atoms with Gasteiger partial charge in [-0.2, -0.15) is 5.10 Å². The second kappa shape index (κ2) is 12.4. The van der Waals surface area contributed by atoms with E-state index in [1.54, 1.807) is 4.68 Å². The smallest absolute Gasteiger partial charge is 0.305 e. The van der Waals surface area contributed by atoms with Gasteiger partial charge < -0.3 is 19.7 Å². The van der Waals surface area contributed by atoms with Gasteiger partial charge in [0.15, 0.2) is 5.96 Å². The highest BCUT2D eigenvalue weighted by atomic mass is 16.5. The predicted octanol–water partition coefficient (Wildman–Crippen LogP) is 2.27. The number of morpholine rings is 1. The summed E-state index contributed by atoms with van der Waals surface area (Å²) in [4.78, 5) is 18.0. The molecule has 28 heavy (non-hydrogen) atoms. The van der Waals surface area contributed by atoms with Crippen molar-refractivity contribution in [1.82, 2.24) is 20.0 Å². The number of carbonyl (C=O) groups excluding carboxylic acids is 1. The Morgan fingerprint density at radius 2 is 2.14 bits per heavy atom. The predicted molar refractivity (Wildman–Crippen MR) is 109 cm³/mol. The van der Waals surface area contributed by atoms with Crippen LogP contribution in [-0.2, 0) is 21.3 Å². The van der Waals surface area contributed by atoms with Crippen LogP contribution in [0.15, 0.2) is 17.4 Å². The first-order valence-electron chi connectivity index (χ1n) is 10.4. The molecule has 1 aliphatic rings. The largest absolute Gasteiger partial charge is 0.466 e. The first-order chi connectivity index (χ1) is 13.6. The van der Waals surface area contributed by atoms with Gasteiger partial charge in [0, 0.05) is 45.4 Å². The number of hydrogen-bond donors (Lipinski definition) is 1. The fraction of sp³-hybridized carbons (Fsp3) is 0.750. The minimum Gasteiger partial charge on any atom is -0.466 e. The van der Waals surface area contributed by atoms with E-state index in [-0.39, 0.29) is 12.1 Å². The van der Waals surface area contributed by atoms with E-state index < -0.39 is 0 Å². The lowest BCUT2D eigenvalue weighted by Gasteiger charge is -2.34. The molecule has 1 fully saturated rings. The van der Waals surface area contributed by atoms with E-state index in [0.717, 1.165) is 63.3 Å². The molecule has 2 heterocycles. The number of ether oxygens (including phenoxy) is 2. The Morgan fingerprint density at radius 3 is 2.86 bits per heavy atom. The molecule has 1 aromatic rings. The van der Waals surface area contributed by atoms with E-state index in [4.69, 9.17) is 9.47 Å². The van der Waals surface area contributed by atoms with Crippen molar-refractivity contribution in [2.45, 2.75) is 51.6 Å². The SMILES string of the molecule is CCOC(=O)CCCCCCCNC(=NC)N1CCOC(c2cnn(C)c2)C1. The Morgan fingerprint density at radius 1 is 1.36 bits per heavy atom. The Bertz CT molecular complexity index is 617. The van der Waals surface area contributed by atoms with E-state index >= 15 is 0 Å². The first kappa shape index (κ1) is 22.2. The van der Waals surface area contributed by atoms with Gasteiger partial charge in [-0.05, 0) is 19.8 Å². The van der Waals surface area contributed by atoms with Crippen LogP contribution >= 0.6 is 0 Å². The Hall–Kier alpha value is -2.09. The quantitative estimate of drug-likeness (QED) is 0.284. The standard InChI is InChI=1S/C20H35N5O3/c1-4-27-19(26)10-8-6-5-7-9-11-22-20(21-2)25-12-13-28-18(16-25)17-14-23-24(3)15-17/h14-15,18H,4-13,16H2,1-3H3,(H,21,22). The fourth-order valence-corrected chi connectivity index (χ4v) is 3.34. The minimum atomic E-state index is -0.0805. The van der Waals surface area contributed by atoms with Crippen LogP contribution in [0, 0.1) is 0 Å². The molecule has 0 bridgehead atoms. The molecule has 1 saturated heterocycles. The van der Waals surface area contributed by atoms with Crippen molar-refractivity contribution in [1.29, 1.82) is 0 Å². The molecule has 0 amide bonds. The molecule has 0 saturated carbocycles. The molecule has 0 radical (unpaired) electrons. The van der Waals surface area contributed by atoms with Crippen LogP contribution in [0.3, 0.4) is 0 Å². The van der Waals surface area contributed by atoms with Crippen LogP contribution in [0.25, 0.3) is 0 Å². The highest BCUT2D eigenvalue weighted by Crippen LogP contribution is 2.21. The van der Waals surface area contributed by atoms with Gasteiger partial charge in [-0.25, -0.2) is 0 Å². The average Bonchev–Trinajstić information content (AvgIpc) is 3.13. The van der Waals surface area contributed by atoms with E-state index in [1.165, 1.54) is 0 Å². The number of carbonyl (C=O) groups is 1. The molecule has 0 spiro atoms. The maximum absolute atomic E-state index is 11.3. The number of unbranched alkanes of at least 4 members (excludes halogenated alkanes) is 4. The molecule has 1 aromatic heterocycles. The zero-order chi connectivity index (χ0) is 20.2. The maximum atomic E-state index is 11.3. The Kier molecular flexibility index (Phi) is 9.82. The average molecular weight is 394 g/mol. The molecule has 1 aliphatic heterocycles. The van der Waals surface area contributed by atoms with Gasteiger partial charge >= 0.3 is 5.97 Å². The summed E-state index contributed by atoms with van der Waals surface area (Å²) in [6.45, 7) is 5.51. The molecule has 8 heteroatoms. The third-order valence-corrected chi connectivity index (χ3v) is 4.82. The highest BCUT2D eigenvalue weighted by molar-refractivity contribution is 5.80. The molecular weight excluding hydrogens is 358 g/mol.